The van der Waals surface area contributed by atoms with E-state index in [-0.39, 0.29) is 16.3 Å². The van der Waals surface area contributed by atoms with Gasteiger partial charge in [0.15, 0.2) is 5.11 Å². The summed E-state index contributed by atoms with van der Waals surface area (Å²) in [5, 5.41) is 17.6. The summed E-state index contributed by atoms with van der Waals surface area (Å²) in [6.07, 6.45) is 1.39. The fraction of sp³-hybridized carbons (Fsp3) is 0.333. The monoisotopic (exact) mass is 319 g/mol. The maximum absolute atomic E-state index is 9.72. The van der Waals surface area contributed by atoms with Gasteiger partial charge in [0.1, 0.15) is 5.75 Å². The van der Waals surface area contributed by atoms with Crippen molar-refractivity contribution in [3.8, 4) is 5.75 Å². The predicted molar refractivity (Wildman–Crippen MR) is 84.3 cm³/mol. The van der Waals surface area contributed by atoms with Crippen LogP contribution < -0.4 is 10.7 Å². The number of nitrogens with one attached hydrogen (secondary N) is 2. The molecule has 7 heteroatoms. The molecule has 0 aliphatic heterocycles. The number of hydrogen-bond acceptors (Lipinski definition) is 3. The summed E-state index contributed by atoms with van der Waals surface area (Å²) < 4.78 is 0. The van der Waals surface area contributed by atoms with Crippen LogP contribution in [-0.4, -0.2) is 22.0 Å². The van der Waals surface area contributed by atoms with Crippen LogP contribution >= 0.6 is 35.4 Å². The lowest BCUT2D eigenvalue weighted by Gasteiger charge is -2.21. The Morgan fingerprint density at radius 1 is 1.37 bits per heavy atom. The molecule has 104 valence electrons. The standard InChI is InChI=1S/C12H15Cl2N3OS/c1-12(2,3)16-11(19)17-15-6-7-4-8(13)5-9(14)10(7)18/h4-6,18H,1-3H3,(H2,16,17,19)/b15-6-. The number of hydrogen-bond donors (Lipinski definition) is 3. The molecule has 0 aromatic heterocycles. The maximum Gasteiger partial charge on any atom is 0.187 e. The number of hydrazone groups is 1. The zero-order valence-corrected chi connectivity index (χ0v) is 13.1. The molecule has 0 bridgehead atoms. The molecule has 0 heterocycles. The van der Waals surface area contributed by atoms with Gasteiger partial charge in [-0.3, -0.25) is 5.43 Å². The summed E-state index contributed by atoms with van der Waals surface area (Å²) in [6, 6.07) is 3.00. The average molecular weight is 320 g/mol. The van der Waals surface area contributed by atoms with Crippen molar-refractivity contribution in [1.82, 2.24) is 10.7 Å². The van der Waals surface area contributed by atoms with Gasteiger partial charge in [0, 0.05) is 16.1 Å². The minimum Gasteiger partial charge on any atom is -0.506 e. The van der Waals surface area contributed by atoms with Crippen LogP contribution in [0.15, 0.2) is 17.2 Å². The third-order valence-corrected chi connectivity index (χ3v) is 2.62. The van der Waals surface area contributed by atoms with Crippen molar-refractivity contribution in [2.24, 2.45) is 5.10 Å². The van der Waals surface area contributed by atoms with Crippen LogP contribution in [0.5, 0.6) is 5.75 Å². The van der Waals surface area contributed by atoms with Crippen LogP contribution in [0.2, 0.25) is 10.0 Å². The van der Waals surface area contributed by atoms with E-state index in [0.29, 0.717) is 15.7 Å². The normalized spacial score (nSPS) is 11.6. The van der Waals surface area contributed by atoms with E-state index in [1.54, 1.807) is 6.07 Å². The molecule has 3 N–H and O–H groups in total. The molecule has 0 aliphatic rings. The lowest BCUT2D eigenvalue weighted by atomic mass is 10.1. The second-order valence-electron chi connectivity index (χ2n) is 4.90. The summed E-state index contributed by atoms with van der Waals surface area (Å²) in [4.78, 5) is 0. The Kier molecular flexibility index (Phi) is 5.40. The summed E-state index contributed by atoms with van der Waals surface area (Å²) >= 11 is 16.7. The molecule has 19 heavy (non-hydrogen) atoms. The van der Waals surface area contributed by atoms with Gasteiger partial charge in [-0.1, -0.05) is 23.2 Å². The van der Waals surface area contributed by atoms with E-state index in [0.717, 1.165) is 0 Å². The van der Waals surface area contributed by atoms with Crippen LogP contribution in [0.3, 0.4) is 0 Å². The second kappa shape index (κ2) is 6.41. The largest absolute Gasteiger partial charge is 0.506 e. The summed E-state index contributed by atoms with van der Waals surface area (Å²) in [7, 11) is 0. The van der Waals surface area contributed by atoms with Crippen molar-refractivity contribution in [2.75, 3.05) is 0 Å². The van der Waals surface area contributed by atoms with Gasteiger partial charge >= 0.3 is 0 Å². The minimum absolute atomic E-state index is 0.0775. The van der Waals surface area contributed by atoms with Crippen LogP contribution in [0.25, 0.3) is 0 Å². The zero-order valence-electron chi connectivity index (χ0n) is 10.8. The Morgan fingerprint density at radius 2 is 2.00 bits per heavy atom. The van der Waals surface area contributed by atoms with Crippen molar-refractivity contribution in [3.63, 3.8) is 0 Å². The average Bonchev–Trinajstić information content (AvgIpc) is 2.22. The molecular weight excluding hydrogens is 305 g/mol. The fourth-order valence-electron chi connectivity index (χ4n) is 1.21. The van der Waals surface area contributed by atoms with Gasteiger partial charge < -0.3 is 10.4 Å². The predicted octanol–water partition coefficient (Wildman–Crippen LogP) is 3.30. The maximum atomic E-state index is 9.72. The third kappa shape index (κ3) is 5.63. The summed E-state index contributed by atoms with van der Waals surface area (Å²) in [6.45, 7) is 5.94. The number of nitrogens with zero attached hydrogens (tertiary/aromatic N) is 1. The SMILES string of the molecule is CC(C)(C)NC(=S)N/N=C\c1cc(Cl)cc(Cl)c1O. The molecule has 4 nitrogen and oxygen atoms in total. The summed E-state index contributed by atoms with van der Waals surface area (Å²) in [5.74, 6) is -0.0775. The molecule has 1 aromatic carbocycles. The first-order valence-corrected chi connectivity index (χ1v) is 6.65. The number of benzene rings is 1. The Bertz CT molecular complexity index is 512. The van der Waals surface area contributed by atoms with E-state index < -0.39 is 0 Å². The highest BCUT2D eigenvalue weighted by atomic mass is 35.5. The van der Waals surface area contributed by atoms with Crippen molar-refractivity contribution >= 4 is 46.7 Å². The van der Waals surface area contributed by atoms with Crippen LogP contribution in [0.1, 0.15) is 26.3 Å². The first-order chi connectivity index (χ1) is 8.69. The highest BCUT2D eigenvalue weighted by molar-refractivity contribution is 7.80. The van der Waals surface area contributed by atoms with Crippen LogP contribution in [0, 0.1) is 0 Å². The van der Waals surface area contributed by atoms with Gasteiger partial charge in [-0.05, 0) is 45.1 Å². The van der Waals surface area contributed by atoms with Crippen molar-refractivity contribution in [1.29, 1.82) is 0 Å². The van der Waals surface area contributed by atoms with Gasteiger partial charge in [-0.15, -0.1) is 0 Å². The van der Waals surface area contributed by atoms with Gasteiger partial charge in [0.2, 0.25) is 0 Å². The Balaban J connectivity index is 2.71. The van der Waals surface area contributed by atoms with E-state index in [1.165, 1.54) is 12.3 Å². The molecule has 0 aliphatic carbocycles. The quantitative estimate of drug-likeness (QED) is 0.445. The van der Waals surface area contributed by atoms with E-state index in [9.17, 15) is 5.11 Å². The summed E-state index contributed by atoms with van der Waals surface area (Å²) in [5.41, 5.74) is 2.90. The van der Waals surface area contributed by atoms with Gasteiger partial charge in [-0.2, -0.15) is 5.10 Å². The molecule has 0 fully saturated rings. The number of thiocarbonyl (C=S) groups is 1. The highest BCUT2D eigenvalue weighted by Gasteiger charge is 2.10. The highest BCUT2D eigenvalue weighted by Crippen LogP contribution is 2.29. The molecule has 0 saturated carbocycles. The molecule has 0 spiro atoms. The number of aromatic hydroxyl groups is 1. The zero-order chi connectivity index (χ0) is 14.6. The van der Waals surface area contributed by atoms with Crippen molar-refractivity contribution in [2.45, 2.75) is 26.3 Å². The van der Waals surface area contributed by atoms with Gasteiger partial charge in [-0.25, -0.2) is 0 Å². The number of phenolic OH excluding ortho intramolecular Hbond substituents is 1. The molecule has 0 saturated heterocycles. The molecule has 0 radical (unpaired) electrons. The molecule has 0 unspecified atom stereocenters. The molecular formula is C12H15Cl2N3OS. The van der Waals surface area contributed by atoms with Gasteiger partial charge in [0.25, 0.3) is 0 Å². The molecule has 0 amide bonds. The Labute approximate surface area is 127 Å². The van der Waals surface area contributed by atoms with Crippen molar-refractivity contribution in [3.05, 3.63) is 27.7 Å². The van der Waals surface area contributed by atoms with Crippen LogP contribution in [-0.2, 0) is 0 Å². The molecule has 1 rings (SSSR count). The fourth-order valence-corrected chi connectivity index (χ4v) is 2.08. The number of rotatable bonds is 2. The Hall–Kier alpha value is -1.04. The Morgan fingerprint density at radius 3 is 2.58 bits per heavy atom. The van der Waals surface area contributed by atoms with E-state index in [2.05, 4.69) is 15.8 Å². The second-order valence-corrected chi connectivity index (χ2v) is 6.15. The third-order valence-electron chi connectivity index (χ3n) is 1.92. The first-order valence-electron chi connectivity index (χ1n) is 5.48. The molecule has 0 atom stereocenters. The van der Waals surface area contributed by atoms with Crippen LogP contribution in [0.4, 0.5) is 0 Å². The van der Waals surface area contributed by atoms with Crippen molar-refractivity contribution < 1.29 is 5.11 Å². The van der Waals surface area contributed by atoms with E-state index in [4.69, 9.17) is 35.4 Å². The lowest BCUT2D eigenvalue weighted by molar-refractivity contribution is 0.474. The minimum atomic E-state index is -0.152. The van der Waals surface area contributed by atoms with E-state index >= 15 is 0 Å². The lowest BCUT2D eigenvalue weighted by Crippen LogP contribution is -2.44. The number of phenols is 1. The topological polar surface area (TPSA) is 56.7 Å². The first kappa shape index (κ1) is 16.0. The smallest absolute Gasteiger partial charge is 0.187 e. The van der Waals surface area contributed by atoms with E-state index in [1.807, 2.05) is 20.8 Å². The molecule has 1 aromatic rings. The number of halogens is 2. The van der Waals surface area contributed by atoms with Gasteiger partial charge in [0.05, 0.1) is 11.2 Å².